The first-order chi connectivity index (χ1) is 10.2. The van der Waals surface area contributed by atoms with Crippen molar-refractivity contribution < 1.29 is 0 Å². The van der Waals surface area contributed by atoms with Gasteiger partial charge in [-0.25, -0.2) is 0 Å². The van der Waals surface area contributed by atoms with Gasteiger partial charge in [0.1, 0.15) is 0 Å². The third-order valence-electron chi connectivity index (χ3n) is 3.92. The molecule has 0 amide bonds. The Labute approximate surface area is 134 Å². The first kappa shape index (κ1) is 14.8. The van der Waals surface area contributed by atoms with Crippen LogP contribution < -0.4 is 5.32 Å². The van der Waals surface area contributed by atoms with E-state index < -0.39 is 0 Å². The van der Waals surface area contributed by atoms with Gasteiger partial charge in [-0.15, -0.1) is 22.7 Å². The lowest BCUT2D eigenvalue weighted by Gasteiger charge is -2.12. The molecule has 21 heavy (non-hydrogen) atoms. The van der Waals surface area contributed by atoms with Gasteiger partial charge in [-0.05, 0) is 49.4 Å². The molecule has 0 spiro atoms. The maximum Gasteiger partial charge on any atom is 0.0392 e. The molecular weight excluding hydrogens is 294 g/mol. The second kappa shape index (κ2) is 6.30. The van der Waals surface area contributed by atoms with Crippen LogP contribution in [-0.2, 0) is 13.0 Å². The SMILES string of the molecule is CCc1ccc(CNC(C)c2sc3ccccc3c2C)s1. The Morgan fingerprint density at radius 3 is 2.52 bits per heavy atom. The molecule has 2 heterocycles. The van der Waals surface area contributed by atoms with Crippen molar-refractivity contribution in [3.8, 4) is 0 Å². The van der Waals surface area contributed by atoms with E-state index in [0.29, 0.717) is 6.04 Å². The van der Waals surface area contributed by atoms with Gasteiger partial charge in [-0.3, -0.25) is 0 Å². The lowest BCUT2D eigenvalue weighted by Crippen LogP contribution is -2.17. The number of rotatable bonds is 5. The molecule has 3 rings (SSSR count). The van der Waals surface area contributed by atoms with Crippen LogP contribution in [0.2, 0.25) is 0 Å². The Bertz CT molecular complexity index is 739. The second-order valence-corrected chi connectivity index (χ2v) is 7.75. The number of thiophene rings is 2. The van der Waals surface area contributed by atoms with E-state index in [1.807, 2.05) is 22.7 Å². The minimum Gasteiger partial charge on any atom is -0.305 e. The number of aryl methyl sites for hydroxylation is 2. The molecular formula is C18H21NS2. The van der Waals surface area contributed by atoms with Gasteiger partial charge < -0.3 is 5.32 Å². The highest BCUT2D eigenvalue weighted by Crippen LogP contribution is 2.34. The summed E-state index contributed by atoms with van der Waals surface area (Å²) in [5.41, 5.74) is 1.43. The number of fused-ring (bicyclic) bond motifs is 1. The van der Waals surface area contributed by atoms with Crippen molar-refractivity contribution in [1.82, 2.24) is 5.32 Å². The molecule has 1 unspecified atom stereocenters. The predicted molar refractivity (Wildman–Crippen MR) is 95.5 cm³/mol. The van der Waals surface area contributed by atoms with E-state index in [0.717, 1.165) is 13.0 Å². The highest BCUT2D eigenvalue weighted by Gasteiger charge is 2.14. The third kappa shape index (κ3) is 3.05. The van der Waals surface area contributed by atoms with Crippen molar-refractivity contribution >= 4 is 32.8 Å². The molecule has 3 aromatic rings. The Morgan fingerprint density at radius 1 is 1.05 bits per heavy atom. The summed E-state index contributed by atoms with van der Waals surface area (Å²) in [6.45, 7) is 7.68. The van der Waals surface area contributed by atoms with Crippen LogP contribution in [0.5, 0.6) is 0 Å². The first-order valence-electron chi connectivity index (χ1n) is 7.48. The van der Waals surface area contributed by atoms with E-state index in [-0.39, 0.29) is 0 Å². The van der Waals surface area contributed by atoms with Gasteiger partial charge in [0.05, 0.1) is 0 Å². The molecule has 110 valence electrons. The molecule has 1 N–H and O–H groups in total. The zero-order chi connectivity index (χ0) is 14.8. The summed E-state index contributed by atoms with van der Waals surface area (Å²) in [7, 11) is 0. The average Bonchev–Trinajstić information content (AvgIpc) is 3.10. The Balaban J connectivity index is 1.74. The fraction of sp³-hybridized carbons (Fsp3) is 0.333. The molecule has 0 saturated carbocycles. The fourth-order valence-electron chi connectivity index (χ4n) is 2.66. The van der Waals surface area contributed by atoms with Crippen molar-refractivity contribution in [2.75, 3.05) is 0 Å². The third-order valence-corrected chi connectivity index (χ3v) is 6.61. The number of nitrogens with one attached hydrogen (secondary N) is 1. The molecule has 0 bridgehead atoms. The number of hydrogen-bond donors (Lipinski definition) is 1. The van der Waals surface area contributed by atoms with E-state index >= 15 is 0 Å². The largest absolute Gasteiger partial charge is 0.305 e. The highest BCUT2D eigenvalue weighted by atomic mass is 32.1. The molecule has 0 radical (unpaired) electrons. The molecule has 0 fully saturated rings. The van der Waals surface area contributed by atoms with Gasteiger partial charge in [-0.1, -0.05) is 25.1 Å². The number of hydrogen-bond acceptors (Lipinski definition) is 3. The van der Waals surface area contributed by atoms with Crippen LogP contribution in [0.4, 0.5) is 0 Å². The van der Waals surface area contributed by atoms with Crippen LogP contribution in [0, 0.1) is 6.92 Å². The van der Waals surface area contributed by atoms with E-state index in [1.54, 1.807) is 0 Å². The van der Waals surface area contributed by atoms with Crippen LogP contribution in [-0.4, -0.2) is 0 Å². The normalized spacial score (nSPS) is 12.9. The fourth-order valence-corrected chi connectivity index (χ4v) is 4.81. The minimum absolute atomic E-state index is 0.398. The average molecular weight is 316 g/mol. The van der Waals surface area contributed by atoms with Crippen molar-refractivity contribution in [1.29, 1.82) is 0 Å². The summed E-state index contributed by atoms with van der Waals surface area (Å²) >= 11 is 3.84. The Morgan fingerprint density at radius 2 is 1.81 bits per heavy atom. The van der Waals surface area contributed by atoms with Gasteiger partial charge in [0.15, 0.2) is 0 Å². The standard InChI is InChI=1S/C18H21NS2/c1-4-14-9-10-15(20-14)11-19-13(3)18-12(2)16-7-5-6-8-17(16)21-18/h5-10,13,19H,4,11H2,1-3H3. The van der Waals surface area contributed by atoms with Crippen molar-refractivity contribution in [3.63, 3.8) is 0 Å². The van der Waals surface area contributed by atoms with Gasteiger partial charge in [0.2, 0.25) is 0 Å². The van der Waals surface area contributed by atoms with Crippen LogP contribution >= 0.6 is 22.7 Å². The summed E-state index contributed by atoms with van der Waals surface area (Å²) in [5.74, 6) is 0. The van der Waals surface area contributed by atoms with Crippen LogP contribution in [0.3, 0.4) is 0 Å². The van der Waals surface area contributed by atoms with Gasteiger partial charge in [-0.2, -0.15) is 0 Å². The van der Waals surface area contributed by atoms with Crippen LogP contribution in [0.1, 0.15) is 40.1 Å². The van der Waals surface area contributed by atoms with Gasteiger partial charge in [0, 0.05) is 31.9 Å². The summed E-state index contributed by atoms with van der Waals surface area (Å²) in [4.78, 5) is 4.36. The van der Waals surface area contributed by atoms with E-state index in [9.17, 15) is 0 Å². The summed E-state index contributed by atoms with van der Waals surface area (Å²) in [6.07, 6.45) is 1.13. The van der Waals surface area contributed by atoms with Crippen molar-refractivity contribution in [2.24, 2.45) is 0 Å². The summed E-state index contributed by atoms with van der Waals surface area (Å²) in [5, 5.41) is 5.07. The molecule has 2 aromatic heterocycles. The molecule has 0 aliphatic rings. The Hall–Kier alpha value is -1.16. The van der Waals surface area contributed by atoms with Gasteiger partial charge in [0.25, 0.3) is 0 Å². The van der Waals surface area contributed by atoms with E-state index in [1.165, 1.54) is 30.3 Å². The Kier molecular flexibility index (Phi) is 4.43. The predicted octanol–water partition coefficient (Wildman–Crippen LogP) is 5.68. The molecule has 1 aromatic carbocycles. The molecule has 0 aliphatic heterocycles. The topological polar surface area (TPSA) is 12.0 Å². The van der Waals surface area contributed by atoms with Crippen molar-refractivity contribution in [2.45, 2.75) is 39.8 Å². The van der Waals surface area contributed by atoms with E-state index in [4.69, 9.17) is 0 Å². The monoisotopic (exact) mass is 315 g/mol. The second-order valence-electron chi connectivity index (χ2n) is 5.41. The molecule has 3 heteroatoms. The molecule has 1 atom stereocenters. The van der Waals surface area contributed by atoms with Crippen LogP contribution in [0.25, 0.3) is 10.1 Å². The lowest BCUT2D eigenvalue weighted by molar-refractivity contribution is 0.585. The molecule has 1 nitrogen and oxygen atoms in total. The first-order valence-corrected chi connectivity index (χ1v) is 9.11. The number of benzene rings is 1. The van der Waals surface area contributed by atoms with Gasteiger partial charge >= 0.3 is 0 Å². The minimum atomic E-state index is 0.398. The molecule has 0 aliphatic carbocycles. The van der Waals surface area contributed by atoms with Crippen LogP contribution in [0.15, 0.2) is 36.4 Å². The highest BCUT2D eigenvalue weighted by molar-refractivity contribution is 7.19. The quantitative estimate of drug-likeness (QED) is 0.638. The van der Waals surface area contributed by atoms with Crippen molar-refractivity contribution in [3.05, 3.63) is 56.6 Å². The maximum absolute atomic E-state index is 3.68. The lowest BCUT2D eigenvalue weighted by atomic mass is 10.1. The maximum atomic E-state index is 3.68. The summed E-state index contributed by atoms with van der Waals surface area (Å²) < 4.78 is 1.39. The van der Waals surface area contributed by atoms with E-state index in [2.05, 4.69) is 62.5 Å². The smallest absolute Gasteiger partial charge is 0.0392 e. The summed E-state index contributed by atoms with van der Waals surface area (Å²) in [6, 6.07) is 13.6. The molecule has 0 saturated heterocycles. The zero-order valence-electron chi connectivity index (χ0n) is 12.8. The zero-order valence-corrected chi connectivity index (χ0v) is 14.4.